The topological polar surface area (TPSA) is 173 Å². The van der Waals surface area contributed by atoms with E-state index in [1.54, 1.807) is 0 Å². The molecule has 10 nitrogen and oxygen atoms in total. The lowest BCUT2D eigenvalue weighted by Gasteiger charge is -2.58. The van der Waals surface area contributed by atoms with Crippen molar-refractivity contribution < 1.29 is 24.3 Å². The van der Waals surface area contributed by atoms with Gasteiger partial charge in [0, 0.05) is 13.0 Å². The van der Waals surface area contributed by atoms with Crippen LogP contribution in [-0.4, -0.2) is 75.4 Å². The van der Waals surface area contributed by atoms with Gasteiger partial charge in [0.15, 0.2) is 0 Å². The number of rotatable bonds is 7. The molecule has 2 aliphatic rings. The van der Waals surface area contributed by atoms with Crippen LogP contribution in [0.3, 0.4) is 0 Å². The summed E-state index contributed by atoms with van der Waals surface area (Å²) in [5, 5.41) is 9.61. The molecule has 4 amide bonds. The van der Waals surface area contributed by atoms with Crippen LogP contribution in [0.4, 0.5) is 0 Å². The number of hydrogen-bond acceptors (Lipinski definition) is 6. The van der Waals surface area contributed by atoms with E-state index in [4.69, 9.17) is 17.2 Å². The number of aliphatic hydroxyl groups is 1. The highest BCUT2D eigenvalue weighted by Crippen LogP contribution is 2.39. The Kier molecular flexibility index (Phi) is 5.87. The van der Waals surface area contributed by atoms with Gasteiger partial charge in [-0.05, 0) is 32.6 Å². The normalized spacial score (nSPS) is 26.2. The van der Waals surface area contributed by atoms with Crippen molar-refractivity contribution in [2.45, 2.75) is 62.8 Å². The number of carbonyl (C=O) groups excluding carboxylic acids is 4. The predicted octanol–water partition coefficient (Wildman–Crippen LogP) is -2.59. The lowest BCUT2D eigenvalue weighted by molar-refractivity contribution is -0.181. The van der Waals surface area contributed by atoms with Crippen molar-refractivity contribution in [3.8, 4) is 0 Å². The Labute approximate surface area is 151 Å². The zero-order valence-electron chi connectivity index (χ0n) is 14.9. The number of nitrogens with two attached hydrogens (primary N) is 3. The molecular weight excluding hydrogens is 342 g/mol. The van der Waals surface area contributed by atoms with E-state index in [1.807, 2.05) is 0 Å². The maximum atomic E-state index is 12.9. The van der Waals surface area contributed by atoms with Crippen LogP contribution < -0.4 is 17.2 Å². The number of carbonyl (C=O) groups is 4. The van der Waals surface area contributed by atoms with Gasteiger partial charge in [0.25, 0.3) is 5.91 Å². The maximum Gasteiger partial charge on any atom is 0.251 e. The number of piperidine rings is 1. The van der Waals surface area contributed by atoms with E-state index < -0.39 is 41.4 Å². The van der Waals surface area contributed by atoms with Crippen molar-refractivity contribution in [3.05, 3.63) is 0 Å². The molecule has 0 aromatic heterocycles. The molecule has 146 valence electrons. The summed E-state index contributed by atoms with van der Waals surface area (Å²) in [7, 11) is 0. The van der Waals surface area contributed by atoms with Crippen LogP contribution in [0.1, 0.15) is 39.0 Å². The van der Waals surface area contributed by atoms with Crippen LogP contribution in [0, 0.1) is 0 Å². The Hall–Kier alpha value is -2.20. The summed E-state index contributed by atoms with van der Waals surface area (Å²) in [6.07, 6.45) is 0.890. The third-order valence-corrected chi connectivity index (χ3v) is 5.27. The van der Waals surface area contributed by atoms with Crippen molar-refractivity contribution in [1.29, 1.82) is 0 Å². The second-order valence-electron chi connectivity index (χ2n) is 7.10. The van der Waals surface area contributed by atoms with Gasteiger partial charge in [-0.25, -0.2) is 0 Å². The fourth-order valence-electron chi connectivity index (χ4n) is 3.71. The zero-order valence-corrected chi connectivity index (χ0v) is 14.9. The Morgan fingerprint density at radius 2 is 1.92 bits per heavy atom. The summed E-state index contributed by atoms with van der Waals surface area (Å²) in [4.78, 5) is 51.0. The summed E-state index contributed by atoms with van der Waals surface area (Å²) < 4.78 is 0. The lowest BCUT2D eigenvalue weighted by atomic mass is 9.77. The first-order chi connectivity index (χ1) is 12.1. The van der Waals surface area contributed by atoms with Crippen LogP contribution >= 0.6 is 0 Å². The Bertz CT molecular complexity index is 610. The van der Waals surface area contributed by atoms with Crippen LogP contribution in [0.2, 0.25) is 0 Å². The van der Waals surface area contributed by atoms with E-state index in [1.165, 1.54) is 16.7 Å². The molecule has 0 radical (unpaired) electrons. The first kappa shape index (κ1) is 20.1. The highest BCUT2D eigenvalue weighted by atomic mass is 16.3. The quantitative estimate of drug-likeness (QED) is 0.358. The van der Waals surface area contributed by atoms with Crippen LogP contribution in [0.15, 0.2) is 0 Å². The standard InChI is InChI=1S/C16H27N5O5/c1-9(22)12(18)14(25)21-7-3-2-6-16(21)8-20(15(16)26)10(13(19)24)4-5-11(17)23/h9-10,12,22H,2-8,18H2,1H3,(H2,17,23)(H2,19,24)/t9-,10?,12+,16?/m1/s1. The minimum absolute atomic E-state index is 0.0492. The number of β-lactam (4-membered cyclic amide) rings is 1. The van der Waals surface area contributed by atoms with Gasteiger partial charge >= 0.3 is 0 Å². The summed E-state index contributed by atoms with van der Waals surface area (Å²) >= 11 is 0. The monoisotopic (exact) mass is 369 g/mol. The minimum Gasteiger partial charge on any atom is -0.391 e. The largest absolute Gasteiger partial charge is 0.391 e. The van der Waals surface area contributed by atoms with E-state index in [0.29, 0.717) is 13.0 Å². The molecule has 0 saturated carbocycles. The SMILES string of the molecule is C[C@@H](O)[C@H](N)C(=O)N1CCCCC12CN(C(CCC(N)=O)C(N)=O)C2=O. The number of aliphatic hydroxyl groups excluding tert-OH is 1. The van der Waals surface area contributed by atoms with Gasteiger partial charge < -0.3 is 32.1 Å². The van der Waals surface area contributed by atoms with Crippen LogP contribution in [-0.2, 0) is 19.2 Å². The van der Waals surface area contributed by atoms with Crippen molar-refractivity contribution >= 4 is 23.6 Å². The molecule has 2 saturated heterocycles. The zero-order chi connectivity index (χ0) is 19.6. The predicted molar refractivity (Wildman–Crippen MR) is 91.1 cm³/mol. The number of hydrogen-bond donors (Lipinski definition) is 4. The highest BCUT2D eigenvalue weighted by molar-refractivity contribution is 6.00. The van der Waals surface area contributed by atoms with Gasteiger partial charge in [0.1, 0.15) is 17.6 Å². The molecule has 26 heavy (non-hydrogen) atoms. The Morgan fingerprint density at radius 3 is 2.42 bits per heavy atom. The van der Waals surface area contributed by atoms with Crippen molar-refractivity contribution in [3.63, 3.8) is 0 Å². The molecule has 2 heterocycles. The number of amides is 4. The summed E-state index contributed by atoms with van der Waals surface area (Å²) in [6.45, 7) is 1.93. The molecule has 7 N–H and O–H groups in total. The summed E-state index contributed by atoms with van der Waals surface area (Å²) in [5.74, 6) is -2.17. The lowest BCUT2D eigenvalue weighted by Crippen LogP contribution is -2.79. The number of likely N-dealkylation sites (tertiary alicyclic amines) is 2. The first-order valence-electron chi connectivity index (χ1n) is 8.75. The summed E-state index contributed by atoms with van der Waals surface area (Å²) in [6, 6.07) is -2.06. The molecule has 2 unspecified atom stereocenters. The van der Waals surface area contributed by atoms with Crippen molar-refractivity contribution in [2.24, 2.45) is 17.2 Å². The molecule has 2 fully saturated rings. The molecule has 0 bridgehead atoms. The molecule has 2 rings (SSSR count). The van der Waals surface area contributed by atoms with Crippen LogP contribution in [0.25, 0.3) is 0 Å². The summed E-state index contributed by atoms with van der Waals surface area (Å²) in [5.41, 5.74) is 15.2. The van der Waals surface area contributed by atoms with Gasteiger partial charge in [-0.1, -0.05) is 0 Å². The number of nitrogens with zero attached hydrogens (tertiary/aromatic N) is 2. The molecule has 4 atom stereocenters. The average Bonchev–Trinajstić information content (AvgIpc) is 2.59. The fraction of sp³-hybridized carbons (Fsp3) is 0.750. The van der Waals surface area contributed by atoms with Gasteiger partial charge in [-0.15, -0.1) is 0 Å². The van der Waals surface area contributed by atoms with Gasteiger partial charge in [-0.3, -0.25) is 19.2 Å². The second kappa shape index (κ2) is 7.58. The maximum absolute atomic E-state index is 12.9. The third kappa shape index (κ3) is 3.51. The third-order valence-electron chi connectivity index (χ3n) is 5.27. The van der Waals surface area contributed by atoms with E-state index in [0.717, 1.165) is 12.8 Å². The smallest absolute Gasteiger partial charge is 0.251 e. The van der Waals surface area contributed by atoms with E-state index in [9.17, 15) is 24.3 Å². The molecule has 2 aliphatic heterocycles. The van der Waals surface area contributed by atoms with Crippen LogP contribution in [0.5, 0.6) is 0 Å². The van der Waals surface area contributed by atoms with Gasteiger partial charge in [-0.2, -0.15) is 0 Å². The molecule has 1 spiro atoms. The van der Waals surface area contributed by atoms with E-state index >= 15 is 0 Å². The molecule has 10 heteroatoms. The minimum atomic E-state index is -1.12. The first-order valence-corrected chi connectivity index (χ1v) is 8.75. The average molecular weight is 369 g/mol. The number of primary amides is 2. The molecule has 0 aliphatic carbocycles. The molecule has 0 aromatic carbocycles. The molecular formula is C16H27N5O5. The van der Waals surface area contributed by atoms with Gasteiger partial charge in [0.05, 0.1) is 12.6 Å². The highest BCUT2D eigenvalue weighted by Gasteiger charge is 2.60. The Morgan fingerprint density at radius 1 is 1.27 bits per heavy atom. The van der Waals surface area contributed by atoms with E-state index in [2.05, 4.69) is 0 Å². The molecule has 0 aromatic rings. The Balaban J connectivity index is 2.18. The van der Waals surface area contributed by atoms with Gasteiger partial charge in [0.2, 0.25) is 17.7 Å². The van der Waals surface area contributed by atoms with Crippen molar-refractivity contribution in [2.75, 3.05) is 13.1 Å². The second-order valence-corrected chi connectivity index (χ2v) is 7.10. The fourth-order valence-corrected chi connectivity index (χ4v) is 3.71. The van der Waals surface area contributed by atoms with Crippen molar-refractivity contribution in [1.82, 2.24) is 9.80 Å². The van der Waals surface area contributed by atoms with E-state index in [-0.39, 0.29) is 25.3 Å².